The Morgan fingerprint density at radius 1 is 0.931 bits per heavy atom. The Hall–Kier alpha value is -3.58. The van der Waals surface area contributed by atoms with Crippen molar-refractivity contribution in [3.63, 3.8) is 0 Å². The topological polar surface area (TPSA) is 52.6 Å². The molecule has 0 radical (unpaired) electrons. The molecule has 0 saturated carbocycles. The average Bonchev–Trinajstić information content (AvgIpc) is 2.76. The summed E-state index contributed by atoms with van der Waals surface area (Å²) in [6.07, 6.45) is 6.80. The number of terminal acetylenes is 1. The third-order valence-electron chi connectivity index (χ3n) is 4.43. The van der Waals surface area contributed by atoms with Crippen molar-refractivity contribution in [2.24, 2.45) is 5.41 Å². The van der Waals surface area contributed by atoms with E-state index in [1.807, 2.05) is 60.7 Å². The van der Waals surface area contributed by atoms with E-state index in [2.05, 4.69) is 19.1 Å². The molecule has 29 heavy (non-hydrogen) atoms. The van der Waals surface area contributed by atoms with Crippen molar-refractivity contribution in [3.8, 4) is 12.3 Å². The molecule has 148 valence electrons. The van der Waals surface area contributed by atoms with Crippen molar-refractivity contribution in [1.82, 2.24) is 0 Å². The van der Waals surface area contributed by atoms with Gasteiger partial charge in [0.1, 0.15) is 13.2 Å². The fourth-order valence-electron chi connectivity index (χ4n) is 2.79. The van der Waals surface area contributed by atoms with Gasteiger partial charge in [0.05, 0.1) is 0 Å². The monoisotopic (exact) mass is 388 g/mol. The van der Waals surface area contributed by atoms with Crippen LogP contribution in [0.2, 0.25) is 0 Å². The van der Waals surface area contributed by atoms with Crippen molar-refractivity contribution >= 4 is 11.9 Å². The van der Waals surface area contributed by atoms with E-state index in [0.717, 1.165) is 11.1 Å². The summed E-state index contributed by atoms with van der Waals surface area (Å²) in [6, 6.07) is 18.4. The van der Waals surface area contributed by atoms with Crippen molar-refractivity contribution in [2.75, 3.05) is 0 Å². The first-order chi connectivity index (χ1) is 14.0. The molecule has 0 fully saturated rings. The van der Waals surface area contributed by atoms with Gasteiger partial charge in [0.25, 0.3) is 0 Å². The summed E-state index contributed by atoms with van der Waals surface area (Å²) in [7, 11) is 0. The van der Waals surface area contributed by atoms with E-state index in [1.165, 1.54) is 6.08 Å². The maximum absolute atomic E-state index is 13.0. The van der Waals surface area contributed by atoms with Crippen LogP contribution in [0.3, 0.4) is 0 Å². The molecule has 0 unspecified atom stereocenters. The van der Waals surface area contributed by atoms with Gasteiger partial charge in [-0.25, -0.2) is 0 Å². The van der Waals surface area contributed by atoms with Gasteiger partial charge in [-0.05, 0) is 17.5 Å². The lowest BCUT2D eigenvalue weighted by Gasteiger charge is -2.28. The van der Waals surface area contributed by atoms with Crippen LogP contribution in [0.15, 0.2) is 85.5 Å². The predicted octanol–water partition coefficient (Wildman–Crippen LogP) is 4.62. The average molecular weight is 388 g/mol. The zero-order chi connectivity index (χ0) is 21.1. The third kappa shape index (κ3) is 5.95. The molecular weight excluding hydrogens is 364 g/mol. The summed E-state index contributed by atoms with van der Waals surface area (Å²) >= 11 is 0. The second-order valence-electron chi connectivity index (χ2n) is 6.63. The molecule has 0 N–H and O–H groups in total. The van der Waals surface area contributed by atoms with Crippen LogP contribution < -0.4 is 0 Å². The van der Waals surface area contributed by atoms with Crippen LogP contribution in [0.1, 0.15) is 24.0 Å². The first-order valence-electron chi connectivity index (χ1n) is 9.18. The van der Waals surface area contributed by atoms with Crippen molar-refractivity contribution in [3.05, 3.63) is 96.6 Å². The highest BCUT2D eigenvalue weighted by molar-refractivity contribution is 6.00. The molecule has 2 rings (SSSR count). The van der Waals surface area contributed by atoms with Crippen LogP contribution in [0, 0.1) is 17.8 Å². The van der Waals surface area contributed by atoms with E-state index in [-0.39, 0.29) is 26.1 Å². The molecule has 0 bridgehead atoms. The molecule has 0 aliphatic heterocycles. The van der Waals surface area contributed by atoms with Crippen LogP contribution in [0.25, 0.3) is 0 Å². The van der Waals surface area contributed by atoms with E-state index in [0.29, 0.717) is 5.57 Å². The summed E-state index contributed by atoms with van der Waals surface area (Å²) in [5.41, 5.74) is 0.420. The number of benzene rings is 2. The van der Waals surface area contributed by atoms with E-state index < -0.39 is 17.4 Å². The lowest BCUT2D eigenvalue weighted by Crippen LogP contribution is -2.42. The zero-order valence-electron chi connectivity index (χ0n) is 16.3. The molecule has 2 aromatic rings. The van der Waals surface area contributed by atoms with Crippen molar-refractivity contribution in [1.29, 1.82) is 0 Å². The predicted molar refractivity (Wildman–Crippen MR) is 112 cm³/mol. The van der Waals surface area contributed by atoms with Gasteiger partial charge in [-0.15, -0.1) is 12.3 Å². The van der Waals surface area contributed by atoms with Crippen LogP contribution in [0.5, 0.6) is 0 Å². The lowest BCUT2D eigenvalue weighted by atomic mass is 9.78. The van der Waals surface area contributed by atoms with E-state index >= 15 is 0 Å². The molecule has 0 aliphatic rings. The number of carbonyl (C=O) groups excluding carboxylic acids is 2. The minimum absolute atomic E-state index is 0.0258. The maximum Gasteiger partial charge on any atom is 0.325 e. The maximum atomic E-state index is 13.0. The van der Waals surface area contributed by atoms with Crippen molar-refractivity contribution in [2.45, 2.75) is 26.1 Å². The number of hydrogen-bond acceptors (Lipinski definition) is 4. The quantitative estimate of drug-likeness (QED) is 0.258. The van der Waals surface area contributed by atoms with Crippen LogP contribution in [-0.2, 0) is 32.3 Å². The molecular formula is C25H24O4. The molecule has 0 aromatic heterocycles. The number of ether oxygens (including phenoxy) is 2. The van der Waals surface area contributed by atoms with E-state index in [4.69, 9.17) is 15.9 Å². The highest BCUT2D eigenvalue weighted by atomic mass is 16.6. The first kappa shape index (κ1) is 21.7. The SMILES string of the molecule is C#CCC(CC(=C)C=C)(C(=O)OCc1ccccc1)C(=O)OCc1ccccc1. The Morgan fingerprint density at radius 2 is 1.38 bits per heavy atom. The van der Waals surface area contributed by atoms with E-state index in [9.17, 15) is 9.59 Å². The molecule has 0 aliphatic carbocycles. The Balaban J connectivity index is 2.23. The highest BCUT2D eigenvalue weighted by Gasteiger charge is 2.48. The van der Waals surface area contributed by atoms with Gasteiger partial charge in [-0.2, -0.15) is 0 Å². The molecule has 0 spiro atoms. The third-order valence-corrected chi connectivity index (χ3v) is 4.43. The summed E-state index contributed by atoms with van der Waals surface area (Å²) in [5.74, 6) is 0.948. The number of carbonyl (C=O) groups is 2. The first-order valence-corrected chi connectivity index (χ1v) is 9.18. The summed E-state index contributed by atoms with van der Waals surface area (Å²) in [6.45, 7) is 7.55. The molecule has 0 amide bonds. The van der Waals surface area contributed by atoms with Crippen LogP contribution in [-0.4, -0.2) is 11.9 Å². The summed E-state index contributed by atoms with van der Waals surface area (Å²) < 4.78 is 10.9. The lowest BCUT2D eigenvalue weighted by molar-refractivity contribution is -0.174. The fourth-order valence-corrected chi connectivity index (χ4v) is 2.79. The van der Waals surface area contributed by atoms with Gasteiger partial charge in [0, 0.05) is 6.42 Å². The smallest absolute Gasteiger partial charge is 0.325 e. The molecule has 4 nitrogen and oxygen atoms in total. The number of allylic oxidation sites excluding steroid dienone is 2. The van der Waals surface area contributed by atoms with Crippen LogP contribution >= 0.6 is 0 Å². The molecule has 4 heteroatoms. The Kier molecular flexibility index (Phi) is 8.00. The number of hydrogen-bond donors (Lipinski definition) is 0. The van der Waals surface area contributed by atoms with Gasteiger partial charge in [-0.1, -0.05) is 85.5 Å². The van der Waals surface area contributed by atoms with Gasteiger partial charge in [0.15, 0.2) is 5.41 Å². The van der Waals surface area contributed by atoms with Gasteiger partial charge in [-0.3, -0.25) is 9.59 Å². The molecule has 0 atom stereocenters. The number of rotatable bonds is 10. The second kappa shape index (κ2) is 10.7. The minimum atomic E-state index is -1.68. The molecule has 2 aromatic carbocycles. The summed E-state index contributed by atoms with van der Waals surface area (Å²) in [4.78, 5) is 26.1. The van der Waals surface area contributed by atoms with Gasteiger partial charge in [0.2, 0.25) is 0 Å². The Bertz CT molecular complexity index is 836. The van der Waals surface area contributed by atoms with Crippen molar-refractivity contribution < 1.29 is 19.1 Å². The minimum Gasteiger partial charge on any atom is -0.460 e. The Morgan fingerprint density at radius 3 is 1.76 bits per heavy atom. The van der Waals surface area contributed by atoms with E-state index in [1.54, 1.807) is 0 Å². The highest BCUT2D eigenvalue weighted by Crippen LogP contribution is 2.34. The Labute approximate surface area is 171 Å². The normalized spacial score (nSPS) is 10.4. The van der Waals surface area contributed by atoms with Gasteiger partial charge < -0.3 is 9.47 Å². The second-order valence-corrected chi connectivity index (χ2v) is 6.63. The fraction of sp³-hybridized carbons (Fsp3) is 0.200. The van der Waals surface area contributed by atoms with Crippen LogP contribution in [0.4, 0.5) is 0 Å². The zero-order valence-corrected chi connectivity index (χ0v) is 16.3. The number of esters is 2. The molecule has 0 heterocycles. The molecule has 0 saturated heterocycles. The standard InChI is InChI=1S/C25H24O4/c1-4-16-25(17-20(3)5-2,23(26)28-18-21-12-8-6-9-13-21)24(27)29-19-22-14-10-7-11-15-22/h1,5-15H,2-3,16-19H2. The van der Waals surface area contributed by atoms with Gasteiger partial charge >= 0.3 is 11.9 Å². The largest absolute Gasteiger partial charge is 0.460 e. The summed E-state index contributed by atoms with van der Waals surface area (Å²) in [5, 5.41) is 0.